The fourth-order valence-electron chi connectivity index (χ4n) is 3.77. The van der Waals surface area contributed by atoms with Gasteiger partial charge in [-0.1, -0.05) is 17.7 Å². The molecule has 0 spiro atoms. The Bertz CT molecular complexity index is 968. The van der Waals surface area contributed by atoms with Gasteiger partial charge in [-0.2, -0.15) is 0 Å². The third kappa shape index (κ3) is 3.04. The number of fused-ring (bicyclic) bond motifs is 1. The second kappa shape index (κ2) is 7.14. The molecule has 2 aliphatic rings. The van der Waals surface area contributed by atoms with E-state index in [-0.39, 0.29) is 11.8 Å². The summed E-state index contributed by atoms with van der Waals surface area (Å²) in [6.07, 6.45) is 4.35. The van der Waals surface area contributed by atoms with Gasteiger partial charge in [0, 0.05) is 18.4 Å². The molecule has 144 valence electrons. The zero-order valence-corrected chi connectivity index (χ0v) is 16.9. The molecule has 2 aromatic rings. The molecule has 1 aromatic heterocycles. The van der Waals surface area contributed by atoms with E-state index in [1.807, 2.05) is 11.8 Å². The molecule has 4 rings (SSSR count). The predicted octanol–water partition coefficient (Wildman–Crippen LogP) is 3.86. The summed E-state index contributed by atoms with van der Waals surface area (Å²) in [4.78, 5) is 33.0. The van der Waals surface area contributed by atoms with Crippen LogP contribution in [0.3, 0.4) is 0 Å². The number of halogens is 1. The molecule has 8 heteroatoms. The molecule has 1 aromatic carbocycles. The van der Waals surface area contributed by atoms with Crippen molar-refractivity contribution in [3.05, 3.63) is 53.3 Å². The van der Waals surface area contributed by atoms with E-state index >= 15 is 0 Å². The van der Waals surface area contributed by atoms with Crippen LogP contribution in [-0.4, -0.2) is 38.9 Å². The highest BCUT2D eigenvalue weighted by molar-refractivity contribution is 7.80. The van der Waals surface area contributed by atoms with E-state index in [0.29, 0.717) is 27.2 Å². The quantitative estimate of drug-likeness (QED) is 0.772. The Labute approximate surface area is 173 Å². The number of carbonyl (C=O) groups is 2. The van der Waals surface area contributed by atoms with Crippen molar-refractivity contribution in [2.45, 2.75) is 31.7 Å². The van der Waals surface area contributed by atoms with Crippen molar-refractivity contribution < 1.29 is 9.59 Å². The molecule has 2 fully saturated rings. The highest BCUT2D eigenvalue weighted by atomic mass is 35.5. The molecule has 0 radical (unpaired) electrons. The minimum Gasteiger partial charge on any atom is -0.334 e. The van der Waals surface area contributed by atoms with Gasteiger partial charge in [0.25, 0.3) is 11.8 Å². The fourth-order valence-corrected chi connectivity index (χ4v) is 4.51. The number of nitrogens with one attached hydrogen (secondary N) is 1. The summed E-state index contributed by atoms with van der Waals surface area (Å²) >= 11 is 12.1. The van der Waals surface area contributed by atoms with E-state index < -0.39 is 5.54 Å². The van der Waals surface area contributed by atoms with Gasteiger partial charge in [0.15, 0.2) is 5.11 Å². The number of carbonyl (C=O) groups excluding carboxylic acids is 2. The van der Waals surface area contributed by atoms with Crippen molar-refractivity contribution in [2.24, 2.45) is 0 Å². The number of nitrogens with zero attached hydrogens (tertiary/aromatic N) is 3. The average Bonchev–Trinajstić information content (AvgIpc) is 2.89. The van der Waals surface area contributed by atoms with Crippen molar-refractivity contribution in [2.75, 3.05) is 16.8 Å². The summed E-state index contributed by atoms with van der Waals surface area (Å²) in [5.41, 5.74) is 0.752. The molecule has 1 atom stereocenters. The highest BCUT2D eigenvalue weighted by Crippen LogP contribution is 2.41. The van der Waals surface area contributed by atoms with Crippen LogP contribution in [0, 0.1) is 0 Å². The van der Waals surface area contributed by atoms with Crippen LogP contribution in [0.1, 0.15) is 36.7 Å². The summed E-state index contributed by atoms with van der Waals surface area (Å²) in [6, 6.07) is 10.1. The third-order valence-corrected chi connectivity index (χ3v) is 6.03. The molecule has 2 amide bonds. The first-order valence-electron chi connectivity index (χ1n) is 9.10. The summed E-state index contributed by atoms with van der Waals surface area (Å²) in [6.45, 7) is 2.71. The van der Waals surface area contributed by atoms with E-state index in [0.717, 1.165) is 25.8 Å². The molecule has 2 aliphatic heterocycles. The Hall–Kier alpha value is -2.51. The van der Waals surface area contributed by atoms with Crippen LogP contribution >= 0.6 is 23.8 Å². The topological polar surface area (TPSA) is 65.5 Å². The number of amides is 2. The zero-order chi connectivity index (χ0) is 19.9. The van der Waals surface area contributed by atoms with Crippen LogP contribution in [-0.2, 0) is 4.79 Å². The number of benzene rings is 1. The smallest absolute Gasteiger partial charge is 0.274 e. The normalized spacial score (nSPS) is 21.6. The van der Waals surface area contributed by atoms with Crippen LogP contribution in [0.4, 0.5) is 11.4 Å². The Morgan fingerprint density at radius 2 is 2.11 bits per heavy atom. The Kier molecular flexibility index (Phi) is 4.81. The van der Waals surface area contributed by atoms with Crippen LogP contribution in [0.25, 0.3) is 0 Å². The fraction of sp³-hybridized carbons (Fsp3) is 0.300. The van der Waals surface area contributed by atoms with Crippen molar-refractivity contribution in [1.82, 2.24) is 9.88 Å². The minimum absolute atomic E-state index is 0.0515. The molecule has 0 saturated carbocycles. The summed E-state index contributed by atoms with van der Waals surface area (Å²) in [5, 5.41) is 3.59. The lowest BCUT2D eigenvalue weighted by Gasteiger charge is -2.36. The van der Waals surface area contributed by atoms with E-state index in [2.05, 4.69) is 10.3 Å². The lowest BCUT2D eigenvalue weighted by Crippen LogP contribution is -2.49. The van der Waals surface area contributed by atoms with Crippen LogP contribution < -0.4 is 10.2 Å². The molecular formula is C20H19ClN4O2S. The minimum atomic E-state index is -0.607. The monoisotopic (exact) mass is 414 g/mol. The first-order valence-corrected chi connectivity index (χ1v) is 9.88. The zero-order valence-electron chi connectivity index (χ0n) is 15.3. The number of aromatic nitrogens is 1. The maximum absolute atomic E-state index is 13.1. The molecule has 1 N–H and O–H groups in total. The number of hydrogen-bond donors (Lipinski definition) is 1. The Balaban J connectivity index is 1.59. The van der Waals surface area contributed by atoms with E-state index in [9.17, 15) is 9.59 Å². The van der Waals surface area contributed by atoms with E-state index in [4.69, 9.17) is 23.8 Å². The molecule has 3 heterocycles. The van der Waals surface area contributed by atoms with E-state index in [1.165, 1.54) is 4.90 Å². The Morgan fingerprint density at radius 1 is 1.29 bits per heavy atom. The van der Waals surface area contributed by atoms with Crippen LogP contribution in [0.15, 0.2) is 42.6 Å². The Morgan fingerprint density at radius 3 is 2.79 bits per heavy atom. The van der Waals surface area contributed by atoms with Gasteiger partial charge >= 0.3 is 0 Å². The lowest BCUT2D eigenvalue weighted by atomic mass is 9.89. The number of piperidine rings is 1. The average molecular weight is 415 g/mol. The standard InChI is InChI=1S/C20H19ClN4O2S/c1-20-9-3-5-11-24(20)19(28)25(18(20)27)16-8-7-13(12-14(16)21)23-17(26)15-6-2-4-10-22-15/h2,4,6-8,10,12H,3,5,9,11H2,1H3,(H,23,26). The van der Waals surface area contributed by atoms with Gasteiger partial charge in [-0.05, 0) is 68.7 Å². The number of anilines is 2. The molecule has 28 heavy (non-hydrogen) atoms. The first kappa shape index (κ1) is 18.8. The first-order chi connectivity index (χ1) is 13.4. The lowest BCUT2D eigenvalue weighted by molar-refractivity contribution is -0.125. The number of rotatable bonds is 3. The molecule has 6 nitrogen and oxygen atoms in total. The van der Waals surface area contributed by atoms with Crippen molar-refractivity contribution in [1.29, 1.82) is 0 Å². The molecular weight excluding hydrogens is 396 g/mol. The highest BCUT2D eigenvalue weighted by Gasteiger charge is 2.53. The molecule has 1 unspecified atom stereocenters. The van der Waals surface area contributed by atoms with E-state index in [1.54, 1.807) is 42.6 Å². The number of thiocarbonyl (C=S) groups is 1. The van der Waals surface area contributed by atoms with Crippen molar-refractivity contribution in [3.8, 4) is 0 Å². The van der Waals surface area contributed by atoms with Gasteiger partial charge in [0.1, 0.15) is 11.2 Å². The summed E-state index contributed by atoms with van der Waals surface area (Å²) in [5.74, 6) is -0.383. The van der Waals surface area contributed by atoms with Gasteiger partial charge in [-0.15, -0.1) is 0 Å². The SMILES string of the molecule is CC12CCCCN1C(=S)N(c1ccc(NC(=O)c3ccccn3)cc1Cl)C2=O. The summed E-state index contributed by atoms with van der Waals surface area (Å²) < 4.78 is 0. The summed E-state index contributed by atoms with van der Waals surface area (Å²) in [7, 11) is 0. The molecule has 0 aliphatic carbocycles. The second-order valence-electron chi connectivity index (χ2n) is 7.14. The molecule has 2 saturated heterocycles. The van der Waals surface area contributed by atoms with Gasteiger partial charge < -0.3 is 10.2 Å². The van der Waals surface area contributed by atoms with Gasteiger partial charge in [0.05, 0.1) is 10.7 Å². The third-order valence-electron chi connectivity index (χ3n) is 5.32. The van der Waals surface area contributed by atoms with Gasteiger partial charge in [0.2, 0.25) is 0 Å². The van der Waals surface area contributed by atoms with Gasteiger partial charge in [-0.25, -0.2) is 0 Å². The molecule has 0 bridgehead atoms. The largest absolute Gasteiger partial charge is 0.334 e. The van der Waals surface area contributed by atoms with Gasteiger partial charge in [-0.3, -0.25) is 19.5 Å². The maximum Gasteiger partial charge on any atom is 0.274 e. The van der Waals surface area contributed by atoms with Crippen LogP contribution in [0.5, 0.6) is 0 Å². The maximum atomic E-state index is 13.1. The number of pyridine rings is 1. The van der Waals surface area contributed by atoms with Crippen LogP contribution in [0.2, 0.25) is 5.02 Å². The second-order valence-corrected chi connectivity index (χ2v) is 7.91. The van der Waals surface area contributed by atoms with Crippen molar-refractivity contribution >= 4 is 52.1 Å². The number of hydrogen-bond acceptors (Lipinski definition) is 4. The van der Waals surface area contributed by atoms with Crippen molar-refractivity contribution in [3.63, 3.8) is 0 Å². The predicted molar refractivity (Wildman–Crippen MR) is 113 cm³/mol.